The van der Waals surface area contributed by atoms with Crippen molar-refractivity contribution >= 4 is 27.2 Å². The van der Waals surface area contributed by atoms with Gasteiger partial charge in [-0.05, 0) is 66.2 Å². The first-order valence-corrected chi connectivity index (χ1v) is 12.2. The fourth-order valence-electron chi connectivity index (χ4n) is 5.68. The summed E-state index contributed by atoms with van der Waals surface area (Å²) in [5.41, 5.74) is 4.20. The highest BCUT2D eigenvalue weighted by atomic mass is 32.1. The summed E-state index contributed by atoms with van der Waals surface area (Å²) in [5, 5.41) is 1.50. The number of carbonyl (C=O) groups is 1. The van der Waals surface area contributed by atoms with E-state index in [1.165, 1.54) is 66.2 Å². The Bertz CT molecular complexity index is 1030. The fourth-order valence-corrected chi connectivity index (χ4v) is 7.04. The van der Waals surface area contributed by atoms with Gasteiger partial charge in [0, 0.05) is 21.4 Å². The first-order valence-electron chi connectivity index (χ1n) is 11.3. The maximum absolute atomic E-state index is 12.7. The SMILES string of the molecule is C.CC1C(=O)C(CCCCC2CCCc3c(sc4ccccc34)C2)c2ccccc21. The van der Waals surface area contributed by atoms with Crippen molar-refractivity contribution in [3.8, 4) is 0 Å². The highest BCUT2D eigenvalue weighted by molar-refractivity contribution is 7.19. The third-order valence-corrected chi connectivity index (χ3v) is 8.49. The molecule has 0 N–H and O–H groups in total. The van der Waals surface area contributed by atoms with Gasteiger partial charge < -0.3 is 0 Å². The van der Waals surface area contributed by atoms with Crippen LogP contribution in [-0.2, 0) is 17.6 Å². The van der Waals surface area contributed by atoms with Crippen LogP contribution in [0.2, 0.25) is 0 Å². The summed E-state index contributed by atoms with van der Waals surface area (Å²) in [6.07, 6.45) is 9.96. The Kier molecular flexibility index (Phi) is 6.43. The van der Waals surface area contributed by atoms with Crippen LogP contribution < -0.4 is 0 Å². The zero-order valence-electron chi connectivity index (χ0n) is 17.3. The molecule has 2 heteroatoms. The fraction of sp³-hybridized carbons (Fsp3) is 0.464. The molecule has 30 heavy (non-hydrogen) atoms. The minimum absolute atomic E-state index is 0. The van der Waals surface area contributed by atoms with Crippen LogP contribution in [0.1, 0.15) is 86.3 Å². The van der Waals surface area contributed by atoms with Crippen molar-refractivity contribution in [1.82, 2.24) is 0 Å². The molecule has 0 fully saturated rings. The van der Waals surface area contributed by atoms with E-state index in [1.807, 2.05) is 11.3 Å². The lowest BCUT2D eigenvalue weighted by atomic mass is 9.90. The number of fused-ring (bicyclic) bond motifs is 4. The Morgan fingerprint density at radius 2 is 1.70 bits per heavy atom. The molecule has 0 bridgehead atoms. The number of ketones is 1. The Morgan fingerprint density at radius 3 is 2.57 bits per heavy atom. The molecule has 0 aliphatic heterocycles. The van der Waals surface area contributed by atoms with Crippen LogP contribution in [0.3, 0.4) is 0 Å². The van der Waals surface area contributed by atoms with Crippen molar-refractivity contribution in [3.05, 3.63) is 70.1 Å². The molecule has 2 aliphatic rings. The summed E-state index contributed by atoms with van der Waals surface area (Å²) in [4.78, 5) is 14.4. The van der Waals surface area contributed by atoms with Gasteiger partial charge >= 0.3 is 0 Å². The molecule has 0 spiro atoms. The average Bonchev–Trinajstić information content (AvgIpc) is 3.11. The molecule has 0 saturated carbocycles. The number of rotatable bonds is 5. The van der Waals surface area contributed by atoms with E-state index in [-0.39, 0.29) is 19.3 Å². The number of unbranched alkanes of at least 4 members (excludes halogenated alkanes) is 1. The van der Waals surface area contributed by atoms with Gasteiger partial charge in [-0.2, -0.15) is 0 Å². The van der Waals surface area contributed by atoms with Crippen LogP contribution in [-0.4, -0.2) is 5.78 Å². The molecule has 1 aromatic heterocycles. The highest BCUT2D eigenvalue weighted by Gasteiger charge is 2.35. The van der Waals surface area contributed by atoms with Crippen molar-refractivity contribution in [2.24, 2.45) is 5.92 Å². The molecule has 0 amide bonds. The summed E-state index contributed by atoms with van der Waals surface area (Å²) >= 11 is 2.02. The Hall–Kier alpha value is -1.93. The van der Waals surface area contributed by atoms with E-state index in [0.717, 1.165) is 12.3 Å². The van der Waals surface area contributed by atoms with Gasteiger partial charge in [-0.3, -0.25) is 4.79 Å². The Balaban J connectivity index is 0.00000218. The molecule has 0 saturated heterocycles. The second-order valence-electron chi connectivity index (χ2n) is 9.05. The van der Waals surface area contributed by atoms with Gasteiger partial charge in [-0.25, -0.2) is 0 Å². The maximum atomic E-state index is 12.7. The topological polar surface area (TPSA) is 17.1 Å². The predicted octanol–water partition coefficient (Wildman–Crippen LogP) is 8.06. The largest absolute Gasteiger partial charge is 0.298 e. The van der Waals surface area contributed by atoms with Crippen molar-refractivity contribution < 1.29 is 4.79 Å². The van der Waals surface area contributed by atoms with Crippen LogP contribution in [0, 0.1) is 5.92 Å². The van der Waals surface area contributed by atoms with Gasteiger partial charge in [0.2, 0.25) is 0 Å². The van der Waals surface area contributed by atoms with E-state index in [4.69, 9.17) is 0 Å². The molecule has 1 nitrogen and oxygen atoms in total. The molecule has 3 aromatic rings. The number of benzene rings is 2. The summed E-state index contributed by atoms with van der Waals surface area (Å²) in [5.74, 6) is 1.49. The molecule has 0 radical (unpaired) electrons. The van der Waals surface area contributed by atoms with Gasteiger partial charge in [-0.15, -0.1) is 11.3 Å². The molecular formula is C28H34OS. The highest BCUT2D eigenvalue weighted by Crippen LogP contribution is 2.42. The molecule has 5 rings (SSSR count). The summed E-state index contributed by atoms with van der Waals surface area (Å²) in [7, 11) is 0. The zero-order valence-corrected chi connectivity index (χ0v) is 18.1. The number of hydrogen-bond donors (Lipinski definition) is 0. The van der Waals surface area contributed by atoms with E-state index in [9.17, 15) is 4.79 Å². The number of hydrogen-bond acceptors (Lipinski definition) is 2. The van der Waals surface area contributed by atoms with Gasteiger partial charge in [0.15, 0.2) is 0 Å². The average molecular weight is 419 g/mol. The van der Waals surface area contributed by atoms with Crippen molar-refractivity contribution in [2.45, 2.75) is 77.6 Å². The molecule has 2 aromatic carbocycles. The molecule has 3 atom stereocenters. The summed E-state index contributed by atoms with van der Waals surface area (Å²) < 4.78 is 1.46. The monoisotopic (exact) mass is 418 g/mol. The van der Waals surface area contributed by atoms with Crippen LogP contribution in [0.5, 0.6) is 0 Å². The quantitative estimate of drug-likeness (QED) is 0.302. The molecular weight excluding hydrogens is 384 g/mol. The van der Waals surface area contributed by atoms with E-state index in [2.05, 4.69) is 55.5 Å². The lowest BCUT2D eigenvalue weighted by molar-refractivity contribution is -0.120. The minimum atomic E-state index is 0. The van der Waals surface area contributed by atoms with E-state index in [1.54, 1.807) is 10.4 Å². The lowest BCUT2D eigenvalue weighted by Crippen LogP contribution is -2.09. The van der Waals surface area contributed by atoms with Crippen molar-refractivity contribution in [3.63, 3.8) is 0 Å². The number of Topliss-reactive ketones (excluding diaryl/α,β-unsaturated/α-hetero) is 1. The smallest absolute Gasteiger partial charge is 0.147 e. The van der Waals surface area contributed by atoms with Crippen LogP contribution in [0.4, 0.5) is 0 Å². The Labute approximate surface area is 185 Å². The third-order valence-electron chi connectivity index (χ3n) is 7.26. The van der Waals surface area contributed by atoms with Gasteiger partial charge in [0.25, 0.3) is 0 Å². The van der Waals surface area contributed by atoms with E-state index >= 15 is 0 Å². The van der Waals surface area contributed by atoms with E-state index < -0.39 is 0 Å². The molecule has 3 unspecified atom stereocenters. The second kappa shape index (κ2) is 9.06. The normalized spacial score (nSPS) is 23.0. The van der Waals surface area contributed by atoms with Crippen LogP contribution in [0.15, 0.2) is 48.5 Å². The molecule has 2 aliphatic carbocycles. The second-order valence-corrected chi connectivity index (χ2v) is 10.2. The standard InChI is InChI=1S/C27H30OS.CH4/c1-18-20-11-4-5-12-21(20)24(27(18)28)14-3-2-9-19-10-8-15-23-22-13-6-7-16-25(22)29-26(23)17-19;/h4-7,11-13,16,18-19,24H,2-3,8-10,14-15,17H2,1H3;1H4. The van der Waals surface area contributed by atoms with Gasteiger partial charge in [-0.1, -0.05) is 76.1 Å². The Morgan fingerprint density at radius 1 is 0.967 bits per heavy atom. The molecule has 158 valence electrons. The lowest BCUT2D eigenvalue weighted by Gasteiger charge is -2.15. The van der Waals surface area contributed by atoms with Crippen LogP contribution in [0.25, 0.3) is 10.1 Å². The number of aryl methyl sites for hydroxylation is 1. The zero-order chi connectivity index (χ0) is 19.8. The third kappa shape index (κ3) is 3.87. The first kappa shape index (κ1) is 21.3. The summed E-state index contributed by atoms with van der Waals surface area (Å²) in [6.45, 7) is 2.08. The number of carbonyl (C=O) groups excluding carboxylic acids is 1. The number of thiophene rings is 1. The van der Waals surface area contributed by atoms with Gasteiger partial charge in [0.1, 0.15) is 5.78 Å². The van der Waals surface area contributed by atoms with Crippen molar-refractivity contribution in [2.75, 3.05) is 0 Å². The van der Waals surface area contributed by atoms with Crippen LogP contribution >= 0.6 is 11.3 Å². The first-order chi connectivity index (χ1) is 14.2. The minimum Gasteiger partial charge on any atom is -0.298 e. The van der Waals surface area contributed by atoms with Crippen molar-refractivity contribution in [1.29, 1.82) is 0 Å². The van der Waals surface area contributed by atoms with Gasteiger partial charge in [0.05, 0.1) is 0 Å². The van der Waals surface area contributed by atoms with E-state index in [0.29, 0.717) is 5.78 Å². The molecule has 1 heterocycles. The summed E-state index contributed by atoms with van der Waals surface area (Å²) in [6, 6.07) is 17.4. The predicted molar refractivity (Wildman–Crippen MR) is 130 cm³/mol. The maximum Gasteiger partial charge on any atom is 0.147 e.